The van der Waals surface area contributed by atoms with Gasteiger partial charge in [-0.15, -0.1) is 0 Å². The van der Waals surface area contributed by atoms with Gasteiger partial charge in [-0.05, 0) is 47.7 Å². The fourth-order valence-corrected chi connectivity index (χ4v) is 6.41. The van der Waals surface area contributed by atoms with Crippen LogP contribution in [0.4, 0.5) is 0 Å². The molecule has 1 saturated carbocycles. The first-order valence-corrected chi connectivity index (χ1v) is 12.9. The molecule has 0 radical (unpaired) electrons. The van der Waals surface area contributed by atoms with Crippen LogP contribution in [0.2, 0.25) is 0 Å². The van der Waals surface area contributed by atoms with Crippen molar-refractivity contribution in [2.24, 2.45) is 0 Å². The highest BCUT2D eigenvalue weighted by molar-refractivity contribution is 6.60. The second-order valence-electron chi connectivity index (χ2n) is 7.52. The van der Waals surface area contributed by atoms with E-state index in [4.69, 9.17) is 18.0 Å². The van der Waals surface area contributed by atoms with E-state index in [0.29, 0.717) is 51.6 Å². The van der Waals surface area contributed by atoms with Crippen molar-refractivity contribution in [2.75, 3.05) is 59.8 Å². The Balaban J connectivity index is 2.75. The van der Waals surface area contributed by atoms with Gasteiger partial charge in [0, 0.05) is 39.0 Å². The summed E-state index contributed by atoms with van der Waals surface area (Å²) in [6.07, 6.45) is 7.11. The molecule has 166 valence electrons. The summed E-state index contributed by atoms with van der Waals surface area (Å²) in [5, 5.41) is 0. The molecule has 1 rings (SSSR count). The second-order valence-corrected chi connectivity index (χ2v) is 10.1. The minimum absolute atomic E-state index is 0.140. The van der Waals surface area contributed by atoms with Crippen LogP contribution in [0.25, 0.3) is 0 Å². The van der Waals surface area contributed by atoms with Crippen molar-refractivity contribution in [3.05, 3.63) is 0 Å². The quantitative estimate of drug-likeness (QED) is 0.299. The first-order valence-electron chi connectivity index (χ1n) is 10.9. The maximum absolute atomic E-state index is 12.2. The van der Waals surface area contributed by atoms with Crippen LogP contribution in [0.15, 0.2) is 0 Å². The predicted octanol–water partition coefficient (Wildman–Crippen LogP) is 2.70. The summed E-state index contributed by atoms with van der Waals surface area (Å²) in [5.74, 6) is -0.140. The van der Waals surface area contributed by atoms with Gasteiger partial charge in [0.15, 0.2) is 0 Å². The fraction of sp³-hybridized carbons (Fsp3) is 0.950. The third-order valence-electron chi connectivity index (χ3n) is 4.99. The van der Waals surface area contributed by atoms with Gasteiger partial charge in [0.25, 0.3) is 0 Å². The van der Waals surface area contributed by atoms with E-state index in [0.717, 1.165) is 19.4 Å². The van der Waals surface area contributed by atoms with E-state index in [-0.39, 0.29) is 5.97 Å². The van der Waals surface area contributed by atoms with Gasteiger partial charge < -0.3 is 22.9 Å². The van der Waals surface area contributed by atoms with Crippen LogP contribution in [-0.2, 0) is 22.8 Å². The number of ether oxygens (including phenoxy) is 1. The molecule has 0 spiro atoms. The summed E-state index contributed by atoms with van der Waals surface area (Å²) in [6, 6.07) is 0.455. The lowest BCUT2D eigenvalue weighted by molar-refractivity contribution is -0.144. The number of likely N-dealkylation sites (N-methyl/N-ethyl adjacent to an activating group) is 1. The molecule has 0 amide bonds. The number of esters is 1. The lowest BCUT2D eigenvalue weighted by Crippen LogP contribution is -2.58. The maximum Gasteiger partial charge on any atom is 0.515 e. The van der Waals surface area contributed by atoms with Gasteiger partial charge in [-0.1, -0.05) is 19.3 Å². The van der Waals surface area contributed by atoms with E-state index >= 15 is 0 Å². The van der Waals surface area contributed by atoms with Gasteiger partial charge in [-0.25, -0.2) is 0 Å². The molecule has 7 nitrogen and oxygen atoms in total. The zero-order valence-electron chi connectivity index (χ0n) is 18.7. The van der Waals surface area contributed by atoms with Crippen LogP contribution in [0, 0.1) is 0 Å². The smallest absolute Gasteiger partial charge is 0.464 e. The summed E-state index contributed by atoms with van der Waals surface area (Å²) < 4.78 is 23.6. The monoisotopic (exact) mass is 418 g/mol. The van der Waals surface area contributed by atoms with Gasteiger partial charge >= 0.3 is 14.8 Å². The minimum atomic E-state index is -2.79. The molecule has 0 heterocycles. The molecule has 1 fully saturated rings. The summed E-state index contributed by atoms with van der Waals surface area (Å²) in [6.45, 7) is 9.48. The van der Waals surface area contributed by atoms with Crippen LogP contribution in [0.5, 0.6) is 0 Å². The van der Waals surface area contributed by atoms with Crippen molar-refractivity contribution in [3.8, 4) is 0 Å². The maximum atomic E-state index is 12.2. The van der Waals surface area contributed by atoms with Crippen molar-refractivity contribution in [1.29, 1.82) is 0 Å². The molecule has 0 aromatic carbocycles. The van der Waals surface area contributed by atoms with Crippen LogP contribution in [0.1, 0.15) is 59.3 Å². The minimum Gasteiger partial charge on any atom is -0.464 e. The van der Waals surface area contributed by atoms with Gasteiger partial charge in [0.1, 0.15) is 6.61 Å². The van der Waals surface area contributed by atoms with Crippen LogP contribution < -0.4 is 0 Å². The molecule has 0 aromatic rings. The Morgan fingerprint density at radius 1 is 0.929 bits per heavy atom. The number of hydrogen-bond donors (Lipinski definition) is 0. The Morgan fingerprint density at radius 3 is 2.00 bits per heavy atom. The number of hydrogen-bond acceptors (Lipinski definition) is 7. The topological polar surface area (TPSA) is 60.5 Å². The average molecular weight is 419 g/mol. The lowest BCUT2D eigenvalue weighted by Gasteiger charge is -2.39. The Labute approximate surface area is 173 Å². The van der Waals surface area contributed by atoms with Crippen molar-refractivity contribution >= 4 is 14.8 Å². The largest absolute Gasteiger partial charge is 0.515 e. The average Bonchev–Trinajstić information content (AvgIpc) is 2.66. The Kier molecular flexibility index (Phi) is 13.2. The third-order valence-corrected chi connectivity index (χ3v) is 7.96. The lowest BCUT2D eigenvalue weighted by atomic mass is 9.94. The standard InChI is InChI=1S/C20H42N2O5Si/c1-6-25-28(26-7-2,27-8-3)18-22(19-12-10-9-11-13-19)15-14-20(23)24-17-16-21(4)5/h19H,6-18H2,1-5H3. The molecule has 0 aromatic heterocycles. The van der Waals surface area contributed by atoms with Crippen LogP contribution in [0.3, 0.4) is 0 Å². The van der Waals surface area contributed by atoms with Gasteiger partial charge in [0.05, 0.1) is 12.6 Å². The SMILES string of the molecule is CCO[Si](CN(CCC(=O)OCCN(C)C)C1CCCCC1)(OCC)OCC. The number of carbonyl (C=O) groups is 1. The van der Waals surface area contributed by atoms with E-state index in [1.807, 2.05) is 39.8 Å². The second kappa shape index (κ2) is 14.5. The molecule has 1 aliphatic carbocycles. The molecule has 0 N–H and O–H groups in total. The van der Waals surface area contributed by atoms with Crippen LogP contribution in [-0.4, -0.2) is 90.4 Å². The Bertz CT molecular complexity index is 402. The molecule has 28 heavy (non-hydrogen) atoms. The molecule has 0 saturated heterocycles. The number of rotatable bonds is 15. The number of carbonyl (C=O) groups excluding carboxylic acids is 1. The molecular formula is C20H42N2O5Si. The first-order chi connectivity index (χ1) is 13.5. The summed E-state index contributed by atoms with van der Waals surface area (Å²) in [7, 11) is 1.15. The van der Waals surface area contributed by atoms with Crippen molar-refractivity contribution in [2.45, 2.75) is 65.3 Å². The zero-order valence-corrected chi connectivity index (χ0v) is 19.7. The molecule has 0 atom stereocenters. The summed E-state index contributed by atoms with van der Waals surface area (Å²) >= 11 is 0. The molecule has 0 unspecified atom stereocenters. The van der Waals surface area contributed by atoms with Crippen molar-refractivity contribution in [1.82, 2.24) is 9.80 Å². The highest BCUT2D eigenvalue weighted by atomic mass is 28.4. The predicted molar refractivity (Wildman–Crippen MR) is 113 cm³/mol. The molecule has 0 aliphatic heterocycles. The first kappa shape index (κ1) is 25.5. The van der Waals surface area contributed by atoms with Crippen molar-refractivity contribution < 1.29 is 22.8 Å². The molecule has 0 bridgehead atoms. The van der Waals surface area contributed by atoms with Crippen molar-refractivity contribution in [3.63, 3.8) is 0 Å². The third kappa shape index (κ3) is 9.80. The van der Waals surface area contributed by atoms with E-state index < -0.39 is 8.80 Å². The van der Waals surface area contributed by atoms with Gasteiger partial charge in [-0.3, -0.25) is 9.69 Å². The number of nitrogens with zero attached hydrogens (tertiary/aromatic N) is 2. The highest BCUT2D eigenvalue weighted by Crippen LogP contribution is 2.25. The Hall–Kier alpha value is -0.513. The zero-order chi connectivity index (χ0) is 20.8. The van der Waals surface area contributed by atoms with E-state index in [1.54, 1.807) is 0 Å². The molecule has 8 heteroatoms. The summed E-state index contributed by atoms with van der Waals surface area (Å²) in [5.41, 5.74) is 0. The van der Waals surface area contributed by atoms with E-state index in [2.05, 4.69) is 4.90 Å². The molecule has 1 aliphatic rings. The van der Waals surface area contributed by atoms with Gasteiger partial charge in [0.2, 0.25) is 0 Å². The van der Waals surface area contributed by atoms with E-state index in [1.165, 1.54) is 19.3 Å². The van der Waals surface area contributed by atoms with E-state index in [9.17, 15) is 4.79 Å². The van der Waals surface area contributed by atoms with Crippen LogP contribution >= 0.6 is 0 Å². The highest BCUT2D eigenvalue weighted by Gasteiger charge is 2.44. The Morgan fingerprint density at radius 2 is 1.50 bits per heavy atom. The normalized spacial score (nSPS) is 16.1. The summed E-state index contributed by atoms with van der Waals surface area (Å²) in [4.78, 5) is 16.6. The van der Waals surface area contributed by atoms with Gasteiger partial charge in [-0.2, -0.15) is 0 Å². The molecular weight excluding hydrogens is 376 g/mol. The fourth-order valence-electron chi connectivity index (χ4n) is 3.66.